The number of nitrogens with zero attached hydrogens (tertiary/aromatic N) is 3. The van der Waals surface area contributed by atoms with Crippen LogP contribution in [-0.2, 0) is 0 Å². The van der Waals surface area contributed by atoms with Gasteiger partial charge in [0, 0.05) is 0 Å². The number of benzene rings is 2. The fourth-order valence-corrected chi connectivity index (χ4v) is 30.6. The molecule has 0 radical (unpaired) electrons. The summed E-state index contributed by atoms with van der Waals surface area (Å²) in [6, 6.07) is 21.2. The van der Waals surface area contributed by atoms with E-state index in [1.54, 1.807) is 0 Å². The summed E-state index contributed by atoms with van der Waals surface area (Å²) in [6.07, 6.45) is 0. The molecular weight excluding hydrogens is 547 g/mol. The first kappa shape index (κ1) is 19.8. The molecule has 0 N–H and O–H groups in total. The van der Waals surface area contributed by atoms with Gasteiger partial charge in [-0.2, -0.15) is 0 Å². The first-order chi connectivity index (χ1) is 12.2. The molecule has 136 valence electrons. The van der Waals surface area contributed by atoms with E-state index in [0.29, 0.717) is 0 Å². The average Bonchev–Trinajstić information content (AvgIpc) is 2.98. The van der Waals surface area contributed by atoms with Crippen molar-refractivity contribution in [3.63, 3.8) is 0 Å². The van der Waals surface area contributed by atoms with Crippen LogP contribution in [0.5, 0.6) is 0 Å². The molecule has 0 bridgehead atoms. The van der Waals surface area contributed by atoms with Crippen LogP contribution in [0.15, 0.2) is 66.5 Å². The van der Waals surface area contributed by atoms with Crippen molar-refractivity contribution in [2.75, 3.05) is 0 Å². The van der Waals surface area contributed by atoms with Gasteiger partial charge in [0.25, 0.3) is 0 Å². The Morgan fingerprint density at radius 1 is 0.615 bits per heavy atom. The molecule has 3 nitrogen and oxygen atoms in total. The minimum absolute atomic E-state index is 1.11. The van der Waals surface area contributed by atoms with Crippen LogP contribution in [0.1, 0.15) is 11.1 Å². The summed E-state index contributed by atoms with van der Waals surface area (Å²) in [4.78, 5) is 0. The van der Waals surface area contributed by atoms with E-state index < -0.39 is 39.1 Å². The average molecular weight is 576 g/mol. The first-order valence-corrected chi connectivity index (χ1v) is 20.6. The molecule has 26 heavy (non-hydrogen) atoms. The molecule has 0 unspecified atom stereocenters. The zero-order valence-corrected chi connectivity index (χ0v) is 22.0. The van der Waals surface area contributed by atoms with Crippen LogP contribution in [0.4, 0.5) is 0 Å². The predicted octanol–water partition coefficient (Wildman–Crippen LogP) is 4.94. The molecule has 0 aromatic heterocycles. The van der Waals surface area contributed by atoms with Crippen LogP contribution in [-0.4, -0.2) is 52.7 Å². The van der Waals surface area contributed by atoms with Gasteiger partial charge in [-0.25, -0.2) is 0 Å². The van der Waals surface area contributed by atoms with Crippen LogP contribution < -0.4 is 0 Å². The SMILES string of the molecule is C[Si](C)(C)[N]([Bi]1[N]=C(c2ccccc2)C(c2ccccc2)=[N]1)[Si](C)(C)C. The summed E-state index contributed by atoms with van der Waals surface area (Å²) in [5.74, 6) is 0. The number of hydrogen-bond donors (Lipinski definition) is 0. The summed E-state index contributed by atoms with van der Waals surface area (Å²) >= 11 is -2.55. The second-order valence-corrected chi connectivity index (χ2v) is 26.8. The van der Waals surface area contributed by atoms with E-state index in [2.05, 4.69) is 102 Å². The van der Waals surface area contributed by atoms with E-state index >= 15 is 0 Å². The molecule has 0 spiro atoms. The maximum absolute atomic E-state index is 5.36. The number of rotatable bonds is 5. The Bertz CT molecular complexity index is 752. The summed E-state index contributed by atoms with van der Waals surface area (Å²) in [6.45, 7) is 14.7. The van der Waals surface area contributed by atoms with Gasteiger partial charge in [0.1, 0.15) is 0 Å². The Labute approximate surface area is 169 Å². The molecular formula is C20H28BiN3Si2. The van der Waals surface area contributed by atoms with Gasteiger partial charge in [0.2, 0.25) is 0 Å². The molecule has 0 atom stereocenters. The Morgan fingerprint density at radius 2 is 0.962 bits per heavy atom. The molecule has 2 aromatic rings. The minimum atomic E-state index is -2.55. The topological polar surface area (TPSA) is 28.0 Å². The predicted molar refractivity (Wildman–Crippen MR) is 120 cm³/mol. The molecule has 1 aliphatic heterocycles. The normalized spacial score (nSPS) is 16.0. The first-order valence-electron chi connectivity index (χ1n) is 9.07. The molecule has 1 heterocycles. The van der Waals surface area contributed by atoms with Crippen LogP contribution >= 0.6 is 0 Å². The van der Waals surface area contributed by atoms with Crippen LogP contribution in [0, 0.1) is 0 Å². The Morgan fingerprint density at radius 3 is 1.27 bits per heavy atom. The van der Waals surface area contributed by atoms with E-state index in [-0.39, 0.29) is 0 Å². The van der Waals surface area contributed by atoms with Crippen LogP contribution in [0.25, 0.3) is 0 Å². The molecule has 0 amide bonds. The van der Waals surface area contributed by atoms with Crippen molar-refractivity contribution in [1.29, 1.82) is 0 Å². The summed E-state index contributed by atoms with van der Waals surface area (Å²) in [5.41, 5.74) is 4.60. The van der Waals surface area contributed by atoms with Gasteiger partial charge in [-0.15, -0.1) is 0 Å². The standard InChI is InChI=1S/C14H10N2.C6H18NSi2.Bi/c15-13(11-7-3-1-4-8-11)14(16)12-9-5-2-6-10-12;1-8(2,3)7-9(4,5)6;/h1-10H;1-6H3;/q-2;-1;+3. The van der Waals surface area contributed by atoms with E-state index in [4.69, 9.17) is 5.87 Å². The quantitative estimate of drug-likeness (QED) is 0.465. The van der Waals surface area contributed by atoms with Gasteiger partial charge in [0.05, 0.1) is 0 Å². The van der Waals surface area contributed by atoms with Gasteiger partial charge >= 0.3 is 170 Å². The Kier molecular flexibility index (Phi) is 5.78. The van der Waals surface area contributed by atoms with E-state index in [9.17, 15) is 0 Å². The summed E-state index contributed by atoms with van der Waals surface area (Å²) in [5, 5.41) is 0. The Balaban J connectivity index is 2.13. The third-order valence-corrected chi connectivity index (χ3v) is 32.2. The van der Waals surface area contributed by atoms with Crippen molar-refractivity contribution in [2.24, 2.45) is 5.87 Å². The van der Waals surface area contributed by atoms with E-state index in [1.165, 1.54) is 11.1 Å². The van der Waals surface area contributed by atoms with Crippen LogP contribution in [0.2, 0.25) is 39.3 Å². The van der Waals surface area contributed by atoms with Gasteiger partial charge in [-0.05, 0) is 0 Å². The summed E-state index contributed by atoms with van der Waals surface area (Å²) < 4.78 is 13.6. The zero-order valence-electron chi connectivity index (χ0n) is 16.6. The van der Waals surface area contributed by atoms with Gasteiger partial charge in [-0.1, -0.05) is 0 Å². The maximum atomic E-state index is 5.36. The molecule has 0 aliphatic carbocycles. The summed E-state index contributed by atoms with van der Waals surface area (Å²) in [7, 11) is -2.95. The van der Waals surface area contributed by atoms with Gasteiger partial charge in [-0.3, -0.25) is 0 Å². The fourth-order valence-electron chi connectivity index (χ4n) is 3.51. The zero-order chi connectivity index (χ0) is 18.9. The molecule has 3 rings (SSSR count). The van der Waals surface area contributed by atoms with E-state index in [0.717, 1.165) is 11.4 Å². The van der Waals surface area contributed by atoms with Gasteiger partial charge in [0.15, 0.2) is 0 Å². The van der Waals surface area contributed by atoms with Crippen molar-refractivity contribution < 1.29 is 0 Å². The van der Waals surface area contributed by atoms with Crippen molar-refractivity contribution in [2.45, 2.75) is 39.3 Å². The van der Waals surface area contributed by atoms with Crippen molar-refractivity contribution >= 4 is 50.5 Å². The molecule has 0 saturated heterocycles. The monoisotopic (exact) mass is 575 g/mol. The van der Waals surface area contributed by atoms with Crippen molar-refractivity contribution in [1.82, 2.24) is 2.17 Å². The van der Waals surface area contributed by atoms with Crippen molar-refractivity contribution in [3.8, 4) is 0 Å². The van der Waals surface area contributed by atoms with Crippen LogP contribution in [0.3, 0.4) is 0 Å². The van der Waals surface area contributed by atoms with Crippen molar-refractivity contribution in [3.05, 3.63) is 71.8 Å². The Hall–Kier alpha value is -0.943. The second kappa shape index (κ2) is 7.59. The molecule has 0 fully saturated rings. The van der Waals surface area contributed by atoms with Gasteiger partial charge < -0.3 is 0 Å². The van der Waals surface area contributed by atoms with E-state index in [1.807, 2.05) is 0 Å². The fraction of sp³-hybridized carbons (Fsp3) is 0.300. The second-order valence-electron chi connectivity index (χ2n) is 8.55. The molecule has 1 aliphatic rings. The third-order valence-electron chi connectivity index (χ3n) is 4.15. The third kappa shape index (κ3) is 4.30. The molecule has 0 saturated carbocycles. The number of hydrogen-bond acceptors (Lipinski definition) is 3. The molecule has 2 aromatic carbocycles. The molecule has 6 heteroatoms.